The predicted octanol–water partition coefficient (Wildman–Crippen LogP) is 11.1. The summed E-state index contributed by atoms with van der Waals surface area (Å²) in [6.07, 6.45) is 11.9. The number of hydrogen-bond donors (Lipinski definition) is 0. The van der Waals surface area contributed by atoms with Crippen LogP contribution < -0.4 is 0 Å². The van der Waals surface area contributed by atoms with Gasteiger partial charge in [-0.25, -0.2) is 0 Å². The van der Waals surface area contributed by atoms with Crippen LogP contribution in [0.3, 0.4) is 0 Å². The molecule has 0 nitrogen and oxygen atoms in total. The Balaban J connectivity index is 1.59. The van der Waals surface area contributed by atoms with Crippen molar-refractivity contribution < 1.29 is 21.0 Å². The van der Waals surface area contributed by atoms with Crippen molar-refractivity contribution in [2.75, 3.05) is 0 Å². The summed E-state index contributed by atoms with van der Waals surface area (Å²) in [5.41, 5.74) is 12.2. The zero-order valence-corrected chi connectivity index (χ0v) is 30.5. The molecule has 1 heteroatoms. The first-order valence-electron chi connectivity index (χ1n) is 16.1. The molecular formula is C42H46Hf. The van der Waals surface area contributed by atoms with Crippen molar-refractivity contribution in [2.24, 2.45) is 0 Å². The van der Waals surface area contributed by atoms with E-state index in [0.29, 0.717) is 3.67 Å². The first kappa shape index (κ1) is 30.1. The summed E-state index contributed by atoms with van der Waals surface area (Å²) < 4.78 is 4.05. The van der Waals surface area contributed by atoms with E-state index in [2.05, 4.69) is 157 Å². The number of hydrogen-bond acceptors (Lipinski definition) is 0. The Hall–Kier alpha value is -2.90. The van der Waals surface area contributed by atoms with E-state index in [-0.39, 0.29) is 10.8 Å². The van der Waals surface area contributed by atoms with E-state index in [1.165, 1.54) is 46.2 Å². The summed E-state index contributed by atoms with van der Waals surface area (Å²) in [5.74, 6) is 0. The number of fused-ring (bicyclic) bond motifs is 3. The minimum atomic E-state index is -2.79. The van der Waals surface area contributed by atoms with Crippen LogP contribution in [0.25, 0.3) is 11.1 Å². The van der Waals surface area contributed by atoms with Gasteiger partial charge in [-0.15, -0.1) is 0 Å². The Labute approximate surface area is 267 Å². The molecule has 6 rings (SSSR count). The molecule has 4 aromatic carbocycles. The molecular weight excluding hydrogens is 683 g/mol. The van der Waals surface area contributed by atoms with E-state index >= 15 is 0 Å². The van der Waals surface area contributed by atoms with Gasteiger partial charge >= 0.3 is 269 Å². The van der Waals surface area contributed by atoms with Gasteiger partial charge in [0.25, 0.3) is 0 Å². The van der Waals surface area contributed by atoms with E-state index in [9.17, 15) is 0 Å². The Morgan fingerprint density at radius 3 is 1.77 bits per heavy atom. The van der Waals surface area contributed by atoms with Gasteiger partial charge in [-0.1, -0.05) is 0 Å². The standard InChI is InChI=1S/C21H25.C16H16.C5H5.Hf/c1-20(2,3)16-7-9-18-14(12-16)11-15-13-17(21(4,5)6)8-10-19(15)18;1-3-9-15(10-4-1)13-7-8-14-16-11-5-2-6-12-16;1-2-4-5-3-1;/h7-13H,1-6H3;1-6,9-12H,7-8,13H2;1-3H,4H2;. The molecule has 2 aliphatic rings. The SMILES string of the molecule is CC(C)(C)c1ccc2c(c1)[CH](/[Hf]([C]1=CC=CC1)=[C](\CCCc1ccccc1)c1ccccc1)c1cc(C(C)(C)C)ccc1-2. The molecule has 218 valence electrons. The van der Waals surface area contributed by atoms with Crippen LogP contribution >= 0.6 is 0 Å². The second-order valence-corrected chi connectivity index (χ2v) is 24.0. The van der Waals surface area contributed by atoms with Crippen molar-refractivity contribution in [1.29, 1.82) is 0 Å². The average Bonchev–Trinajstić information content (AvgIpc) is 3.63. The van der Waals surface area contributed by atoms with E-state index < -0.39 is 21.0 Å². The predicted molar refractivity (Wildman–Crippen MR) is 183 cm³/mol. The zero-order chi connectivity index (χ0) is 30.2. The van der Waals surface area contributed by atoms with Crippen LogP contribution in [-0.4, -0.2) is 3.26 Å². The quantitative estimate of drug-likeness (QED) is 0.166. The number of benzene rings is 4. The van der Waals surface area contributed by atoms with Crippen molar-refractivity contribution >= 4 is 3.26 Å². The Morgan fingerprint density at radius 1 is 0.698 bits per heavy atom. The fraction of sp³-hybridized carbons (Fsp3) is 0.310. The van der Waals surface area contributed by atoms with Crippen LogP contribution in [0.5, 0.6) is 0 Å². The maximum absolute atomic E-state index is 2.79. The molecule has 0 amide bonds. The van der Waals surface area contributed by atoms with Gasteiger partial charge in [0.15, 0.2) is 0 Å². The van der Waals surface area contributed by atoms with Gasteiger partial charge in [-0.05, 0) is 0 Å². The van der Waals surface area contributed by atoms with Crippen molar-refractivity contribution in [1.82, 2.24) is 0 Å². The third kappa shape index (κ3) is 6.34. The average molecular weight is 729 g/mol. The molecule has 0 spiro atoms. The Morgan fingerprint density at radius 2 is 1.26 bits per heavy atom. The Kier molecular flexibility index (Phi) is 8.58. The van der Waals surface area contributed by atoms with E-state index in [1.54, 1.807) is 17.7 Å². The van der Waals surface area contributed by atoms with Crippen LogP contribution in [0.4, 0.5) is 0 Å². The molecule has 0 saturated carbocycles. The number of rotatable bonds is 7. The third-order valence-corrected chi connectivity index (χ3v) is 21.7. The van der Waals surface area contributed by atoms with E-state index in [1.807, 2.05) is 0 Å². The molecule has 4 aromatic rings. The molecule has 0 aromatic heterocycles. The van der Waals surface area contributed by atoms with Crippen LogP contribution in [-0.2, 0) is 38.2 Å². The maximum atomic E-state index is 2.61. The monoisotopic (exact) mass is 730 g/mol. The fourth-order valence-electron chi connectivity index (χ4n) is 6.89. The number of allylic oxidation sites excluding steroid dienone is 4. The van der Waals surface area contributed by atoms with Crippen molar-refractivity contribution in [2.45, 2.75) is 81.7 Å². The molecule has 0 bridgehead atoms. The summed E-state index contributed by atoms with van der Waals surface area (Å²) >= 11 is -2.79. The molecule has 0 fully saturated rings. The first-order chi connectivity index (χ1) is 20.6. The molecule has 43 heavy (non-hydrogen) atoms. The van der Waals surface area contributed by atoms with E-state index in [4.69, 9.17) is 0 Å². The van der Waals surface area contributed by atoms with Gasteiger partial charge in [0.2, 0.25) is 0 Å². The van der Waals surface area contributed by atoms with Gasteiger partial charge in [-0.3, -0.25) is 0 Å². The first-order valence-corrected chi connectivity index (χ1v) is 21.8. The second kappa shape index (κ2) is 12.2. The van der Waals surface area contributed by atoms with E-state index in [0.717, 1.165) is 12.8 Å². The van der Waals surface area contributed by atoms with Gasteiger partial charge in [0.05, 0.1) is 0 Å². The topological polar surface area (TPSA) is 0 Å². The van der Waals surface area contributed by atoms with Crippen LogP contribution in [0.15, 0.2) is 119 Å². The summed E-state index contributed by atoms with van der Waals surface area (Å²) in [7, 11) is 0. The summed E-state index contributed by atoms with van der Waals surface area (Å²) in [5, 5.41) is 0. The van der Waals surface area contributed by atoms with Crippen molar-refractivity contribution in [3.05, 3.63) is 152 Å². The van der Waals surface area contributed by atoms with Crippen molar-refractivity contribution in [3.63, 3.8) is 0 Å². The molecule has 2 aliphatic carbocycles. The van der Waals surface area contributed by atoms with Crippen LogP contribution in [0.2, 0.25) is 0 Å². The molecule has 0 radical (unpaired) electrons. The summed E-state index contributed by atoms with van der Waals surface area (Å²) in [6.45, 7) is 14.2. The molecule has 0 saturated heterocycles. The van der Waals surface area contributed by atoms with Gasteiger partial charge in [0, 0.05) is 0 Å². The van der Waals surface area contributed by atoms with Crippen LogP contribution in [0.1, 0.15) is 97.9 Å². The van der Waals surface area contributed by atoms with Gasteiger partial charge < -0.3 is 0 Å². The molecule has 0 N–H and O–H groups in total. The molecule has 0 aliphatic heterocycles. The molecule has 0 unspecified atom stereocenters. The van der Waals surface area contributed by atoms with Gasteiger partial charge in [-0.2, -0.15) is 0 Å². The Bertz CT molecular complexity index is 1640. The molecule has 0 heterocycles. The second-order valence-electron chi connectivity index (χ2n) is 14.5. The summed E-state index contributed by atoms with van der Waals surface area (Å²) in [4.78, 5) is 0. The van der Waals surface area contributed by atoms with Gasteiger partial charge in [0.1, 0.15) is 0 Å². The van der Waals surface area contributed by atoms with Crippen molar-refractivity contribution in [3.8, 4) is 11.1 Å². The number of aryl methyl sites for hydroxylation is 1. The zero-order valence-electron chi connectivity index (χ0n) is 26.9. The third-order valence-electron chi connectivity index (χ3n) is 9.34. The molecule has 0 atom stereocenters. The minimum absolute atomic E-state index is 0.117. The fourth-order valence-corrected chi connectivity index (χ4v) is 20.3. The van der Waals surface area contributed by atoms with Crippen LogP contribution in [0, 0.1) is 0 Å². The summed E-state index contributed by atoms with van der Waals surface area (Å²) in [6, 6.07) is 37.5. The normalized spacial score (nSPS) is 15.3.